The second-order valence-electron chi connectivity index (χ2n) is 8.64. The Morgan fingerprint density at radius 3 is 2.58 bits per heavy atom. The van der Waals surface area contributed by atoms with Gasteiger partial charge in [0.15, 0.2) is 0 Å². The first-order valence-electron chi connectivity index (χ1n) is 11.6. The minimum atomic E-state index is -0.233. The number of anilines is 1. The van der Waals surface area contributed by atoms with Crippen LogP contribution < -0.4 is 10.1 Å². The normalized spacial score (nSPS) is 15.2. The van der Waals surface area contributed by atoms with Crippen molar-refractivity contribution < 1.29 is 14.3 Å². The van der Waals surface area contributed by atoms with Gasteiger partial charge in [0.1, 0.15) is 12.3 Å². The molecule has 5 rings (SSSR count). The van der Waals surface area contributed by atoms with E-state index in [4.69, 9.17) is 9.72 Å². The largest absolute Gasteiger partial charge is 0.494 e. The summed E-state index contributed by atoms with van der Waals surface area (Å²) in [6.45, 7) is 2.57. The van der Waals surface area contributed by atoms with Crippen molar-refractivity contribution in [2.75, 3.05) is 18.5 Å². The number of benzene rings is 2. The minimum absolute atomic E-state index is 0.0620. The molecule has 1 heterocycles. The first-order chi connectivity index (χ1) is 16.1. The van der Waals surface area contributed by atoms with Gasteiger partial charge in [-0.2, -0.15) is 0 Å². The van der Waals surface area contributed by atoms with Crippen molar-refractivity contribution in [3.8, 4) is 22.7 Å². The van der Waals surface area contributed by atoms with Crippen molar-refractivity contribution in [1.82, 2.24) is 14.5 Å². The summed E-state index contributed by atoms with van der Waals surface area (Å²) in [5, 5.41) is 2.96. The van der Waals surface area contributed by atoms with Crippen LogP contribution in [-0.4, -0.2) is 45.5 Å². The average molecular weight is 445 g/mol. The van der Waals surface area contributed by atoms with Crippen LogP contribution in [-0.2, 0) is 9.59 Å². The van der Waals surface area contributed by atoms with Gasteiger partial charge in [0.2, 0.25) is 17.8 Å². The molecular weight excluding hydrogens is 416 g/mol. The van der Waals surface area contributed by atoms with Crippen molar-refractivity contribution in [3.05, 3.63) is 60.8 Å². The lowest BCUT2D eigenvalue weighted by Crippen LogP contribution is -2.40. The van der Waals surface area contributed by atoms with E-state index >= 15 is 0 Å². The average Bonchev–Trinajstić information content (AvgIpc) is 3.76. The Morgan fingerprint density at radius 1 is 1.09 bits per heavy atom. The van der Waals surface area contributed by atoms with Crippen LogP contribution in [0.2, 0.25) is 0 Å². The van der Waals surface area contributed by atoms with Gasteiger partial charge in [-0.25, -0.2) is 4.98 Å². The molecule has 7 heteroatoms. The molecule has 0 saturated heterocycles. The van der Waals surface area contributed by atoms with Gasteiger partial charge in [-0.1, -0.05) is 36.4 Å². The number of hydrogen-bond donors (Lipinski definition) is 1. The van der Waals surface area contributed by atoms with Crippen LogP contribution >= 0.6 is 0 Å². The topological polar surface area (TPSA) is 76.5 Å². The van der Waals surface area contributed by atoms with Gasteiger partial charge >= 0.3 is 0 Å². The molecule has 33 heavy (non-hydrogen) atoms. The highest BCUT2D eigenvalue weighted by Gasteiger charge is 2.40. The SMILES string of the molecule is CCOc1cccc(-n2cc(-c3ccccc3)nc2NC(=O)CN(C(=O)C2CC2)C2CC2)c1. The highest BCUT2D eigenvalue weighted by atomic mass is 16.5. The Labute approximate surface area is 193 Å². The lowest BCUT2D eigenvalue weighted by Gasteiger charge is -2.21. The van der Waals surface area contributed by atoms with Gasteiger partial charge in [-0.05, 0) is 44.7 Å². The van der Waals surface area contributed by atoms with E-state index < -0.39 is 0 Å². The van der Waals surface area contributed by atoms with E-state index in [-0.39, 0.29) is 30.3 Å². The molecule has 3 aromatic rings. The Bertz CT molecular complexity index is 1150. The molecule has 1 aromatic heterocycles. The zero-order chi connectivity index (χ0) is 22.8. The van der Waals surface area contributed by atoms with Crippen LogP contribution in [0.25, 0.3) is 16.9 Å². The fourth-order valence-corrected chi connectivity index (χ4v) is 3.96. The Kier molecular flexibility index (Phi) is 5.86. The molecule has 2 saturated carbocycles. The quantitative estimate of drug-likeness (QED) is 0.535. The van der Waals surface area contributed by atoms with Crippen molar-refractivity contribution in [1.29, 1.82) is 0 Å². The summed E-state index contributed by atoms with van der Waals surface area (Å²) in [5.74, 6) is 1.15. The van der Waals surface area contributed by atoms with Crippen molar-refractivity contribution in [3.63, 3.8) is 0 Å². The number of amides is 2. The van der Waals surface area contributed by atoms with Crippen molar-refractivity contribution >= 4 is 17.8 Å². The van der Waals surface area contributed by atoms with Crippen LogP contribution in [0, 0.1) is 5.92 Å². The highest BCUT2D eigenvalue weighted by Crippen LogP contribution is 2.36. The van der Waals surface area contributed by atoms with Gasteiger partial charge < -0.3 is 9.64 Å². The van der Waals surface area contributed by atoms with Gasteiger partial charge in [-0.3, -0.25) is 19.5 Å². The van der Waals surface area contributed by atoms with Gasteiger partial charge in [0, 0.05) is 29.8 Å². The summed E-state index contributed by atoms with van der Waals surface area (Å²) in [6, 6.07) is 17.7. The number of ether oxygens (including phenoxy) is 1. The lowest BCUT2D eigenvalue weighted by atomic mass is 10.2. The van der Waals surface area contributed by atoms with Crippen LogP contribution in [0.3, 0.4) is 0 Å². The number of rotatable bonds is 9. The molecule has 2 amide bonds. The summed E-state index contributed by atoms with van der Waals surface area (Å²) >= 11 is 0. The summed E-state index contributed by atoms with van der Waals surface area (Å²) in [6.07, 6.45) is 5.73. The summed E-state index contributed by atoms with van der Waals surface area (Å²) in [4.78, 5) is 32.2. The predicted molar refractivity (Wildman–Crippen MR) is 126 cm³/mol. The molecule has 0 atom stereocenters. The Morgan fingerprint density at radius 2 is 1.88 bits per heavy atom. The highest BCUT2D eigenvalue weighted by molar-refractivity contribution is 5.94. The molecule has 2 aliphatic rings. The van der Waals surface area contributed by atoms with E-state index in [1.807, 2.05) is 72.3 Å². The third-order valence-corrected chi connectivity index (χ3v) is 5.94. The third kappa shape index (κ3) is 4.92. The molecular formula is C26H28N4O3. The summed E-state index contributed by atoms with van der Waals surface area (Å²) < 4.78 is 7.51. The van der Waals surface area contributed by atoms with Crippen LogP contribution in [0.15, 0.2) is 60.8 Å². The number of aromatic nitrogens is 2. The van der Waals surface area contributed by atoms with Gasteiger partial charge in [0.05, 0.1) is 18.0 Å². The monoisotopic (exact) mass is 444 g/mol. The molecule has 0 bridgehead atoms. The van der Waals surface area contributed by atoms with Crippen LogP contribution in [0.4, 0.5) is 5.95 Å². The zero-order valence-electron chi connectivity index (χ0n) is 18.7. The van der Waals surface area contributed by atoms with Crippen LogP contribution in [0.5, 0.6) is 5.75 Å². The molecule has 2 aliphatic carbocycles. The van der Waals surface area contributed by atoms with Crippen LogP contribution in [0.1, 0.15) is 32.6 Å². The molecule has 0 radical (unpaired) electrons. The Hall–Kier alpha value is -3.61. The molecule has 7 nitrogen and oxygen atoms in total. The van der Waals surface area contributed by atoms with Crippen molar-refractivity contribution in [2.45, 2.75) is 38.6 Å². The first-order valence-corrected chi connectivity index (χ1v) is 11.6. The van der Waals surface area contributed by atoms with E-state index in [9.17, 15) is 9.59 Å². The smallest absolute Gasteiger partial charge is 0.246 e. The molecule has 1 N–H and O–H groups in total. The first kappa shape index (κ1) is 21.2. The van der Waals surface area contributed by atoms with Gasteiger partial charge in [-0.15, -0.1) is 0 Å². The zero-order valence-corrected chi connectivity index (χ0v) is 18.7. The number of hydrogen-bond acceptors (Lipinski definition) is 4. The number of nitrogens with one attached hydrogen (secondary N) is 1. The van der Waals surface area contributed by atoms with E-state index in [1.54, 1.807) is 4.90 Å². The lowest BCUT2D eigenvalue weighted by molar-refractivity contribution is -0.136. The summed E-state index contributed by atoms with van der Waals surface area (Å²) in [5.41, 5.74) is 2.54. The molecule has 0 aliphatic heterocycles. The molecule has 170 valence electrons. The standard InChI is InChI=1S/C26H28N4O3/c1-2-33-22-10-6-9-21(15-22)30-16-23(18-7-4-3-5-8-18)27-26(30)28-24(31)17-29(20-13-14-20)25(32)19-11-12-19/h3-10,15-16,19-20H,2,11-14,17H2,1H3,(H,27,28,31). The maximum atomic E-state index is 13.0. The van der Waals surface area contributed by atoms with E-state index in [0.717, 1.165) is 48.4 Å². The van der Waals surface area contributed by atoms with E-state index in [0.29, 0.717) is 12.6 Å². The molecule has 2 aromatic carbocycles. The van der Waals surface area contributed by atoms with E-state index in [1.165, 1.54) is 0 Å². The van der Waals surface area contributed by atoms with E-state index in [2.05, 4.69) is 5.32 Å². The number of imidazole rings is 1. The maximum Gasteiger partial charge on any atom is 0.246 e. The predicted octanol–water partition coefficient (Wildman–Crippen LogP) is 4.28. The summed E-state index contributed by atoms with van der Waals surface area (Å²) in [7, 11) is 0. The van der Waals surface area contributed by atoms with Gasteiger partial charge in [0.25, 0.3) is 0 Å². The second kappa shape index (κ2) is 9.10. The number of carbonyl (C=O) groups is 2. The number of carbonyl (C=O) groups excluding carboxylic acids is 2. The third-order valence-electron chi connectivity index (χ3n) is 5.94. The minimum Gasteiger partial charge on any atom is -0.494 e. The fraction of sp³-hybridized carbons (Fsp3) is 0.346. The number of nitrogens with zero attached hydrogens (tertiary/aromatic N) is 3. The molecule has 0 unspecified atom stereocenters. The Balaban J connectivity index is 1.42. The van der Waals surface area contributed by atoms with Crippen molar-refractivity contribution in [2.24, 2.45) is 5.92 Å². The maximum absolute atomic E-state index is 13.0. The second-order valence-corrected chi connectivity index (χ2v) is 8.64. The molecule has 0 spiro atoms. The molecule has 2 fully saturated rings. The fourth-order valence-electron chi connectivity index (χ4n) is 3.96.